The van der Waals surface area contributed by atoms with Crippen LogP contribution in [-0.4, -0.2) is 20.8 Å². The van der Waals surface area contributed by atoms with E-state index in [0.717, 1.165) is 16.9 Å². The van der Waals surface area contributed by atoms with Gasteiger partial charge < -0.3 is 0 Å². The SMILES string of the molecule is CCc1ccsc1C(=O)c1c(Br)nnn1C. The third kappa shape index (κ3) is 1.82. The van der Waals surface area contributed by atoms with Crippen LogP contribution in [0.25, 0.3) is 0 Å². The topological polar surface area (TPSA) is 47.8 Å². The Hall–Kier alpha value is -1.01. The first-order valence-corrected chi connectivity index (χ1v) is 6.48. The fraction of sp³-hybridized carbons (Fsp3) is 0.300. The van der Waals surface area contributed by atoms with Crippen molar-refractivity contribution in [2.75, 3.05) is 0 Å². The summed E-state index contributed by atoms with van der Waals surface area (Å²) in [4.78, 5) is 13.0. The molecule has 84 valence electrons. The van der Waals surface area contributed by atoms with Crippen LogP contribution in [0.2, 0.25) is 0 Å². The summed E-state index contributed by atoms with van der Waals surface area (Å²) in [6.07, 6.45) is 0.855. The molecule has 2 aromatic heterocycles. The molecule has 0 aliphatic heterocycles. The van der Waals surface area contributed by atoms with Crippen molar-refractivity contribution in [2.24, 2.45) is 7.05 Å². The zero-order valence-electron chi connectivity index (χ0n) is 8.90. The summed E-state index contributed by atoms with van der Waals surface area (Å²) in [6.45, 7) is 2.04. The van der Waals surface area contributed by atoms with Gasteiger partial charge in [-0.25, -0.2) is 4.68 Å². The van der Waals surface area contributed by atoms with Crippen LogP contribution in [0.4, 0.5) is 0 Å². The second kappa shape index (κ2) is 4.47. The molecule has 0 aliphatic rings. The lowest BCUT2D eigenvalue weighted by Gasteiger charge is -2.01. The van der Waals surface area contributed by atoms with Crippen molar-refractivity contribution in [3.8, 4) is 0 Å². The Balaban J connectivity index is 2.47. The van der Waals surface area contributed by atoms with Gasteiger partial charge in [0.2, 0.25) is 5.78 Å². The van der Waals surface area contributed by atoms with Crippen molar-refractivity contribution in [3.63, 3.8) is 0 Å². The predicted octanol–water partition coefficient (Wildman–Crippen LogP) is 2.43. The normalized spacial score (nSPS) is 10.7. The van der Waals surface area contributed by atoms with Gasteiger partial charge in [0.1, 0.15) is 5.69 Å². The van der Waals surface area contributed by atoms with Crippen LogP contribution in [-0.2, 0) is 13.5 Å². The fourth-order valence-electron chi connectivity index (χ4n) is 1.49. The molecule has 0 fully saturated rings. The third-order valence-electron chi connectivity index (χ3n) is 2.33. The highest BCUT2D eigenvalue weighted by Gasteiger charge is 2.21. The van der Waals surface area contributed by atoms with E-state index in [1.807, 2.05) is 18.4 Å². The van der Waals surface area contributed by atoms with Gasteiger partial charge in [-0.1, -0.05) is 12.1 Å². The number of aryl methyl sites for hydroxylation is 2. The monoisotopic (exact) mass is 299 g/mol. The first-order chi connectivity index (χ1) is 7.65. The first kappa shape index (κ1) is 11.5. The largest absolute Gasteiger partial charge is 0.286 e. The minimum Gasteiger partial charge on any atom is -0.286 e. The highest BCUT2D eigenvalue weighted by molar-refractivity contribution is 9.10. The van der Waals surface area contributed by atoms with Gasteiger partial charge in [0.25, 0.3) is 0 Å². The summed E-state index contributed by atoms with van der Waals surface area (Å²) in [5.41, 5.74) is 1.57. The van der Waals surface area contributed by atoms with Crippen LogP contribution in [0.1, 0.15) is 27.9 Å². The maximum Gasteiger partial charge on any atom is 0.224 e. The minimum atomic E-state index is -0.0220. The molecule has 2 rings (SSSR count). The van der Waals surface area contributed by atoms with Gasteiger partial charge in [0.05, 0.1) is 4.88 Å². The molecule has 0 aromatic carbocycles. The van der Waals surface area contributed by atoms with E-state index >= 15 is 0 Å². The molecule has 0 bridgehead atoms. The van der Waals surface area contributed by atoms with Gasteiger partial charge in [-0.3, -0.25) is 4.79 Å². The average Bonchev–Trinajstić information content (AvgIpc) is 2.85. The lowest BCUT2D eigenvalue weighted by molar-refractivity contribution is 0.103. The Morgan fingerprint density at radius 2 is 2.38 bits per heavy atom. The lowest BCUT2D eigenvalue weighted by atomic mass is 10.1. The molecule has 16 heavy (non-hydrogen) atoms. The highest BCUT2D eigenvalue weighted by atomic mass is 79.9. The summed E-state index contributed by atoms with van der Waals surface area (Å²) >= 11 is 4.70. The number of thiophene rings is 1. The summed E-state index contributed by atoms with van der Waals surface area (Å²) in [6, 6.07) is 1.98. The highest BCUT2D eigenvalue weighted by Crippen LogP contribution is 2.23. The van der Waals surface area contributed by atoms with Gasteiger partial charge in [-0.2, -0.15) is 0 Å². The van der Waals surface area contributed by atoms with Crippen LogP contribution >= 0.6 is 27.3 Å². The second-order valence-electron chi connectivity index (χ2n) is 3.31. The Bertz CT molecular complexity index is 512. The van der Waals surface area contributed by atoms with Crippen molar-refractivity contribution < 1.29 is 4.79 Å². The van der Waals surface area contributed by atoms with E-state index in [2.05, 4.69) is 26.2 Å². The van der Waals surface area contributed by atoms with Gasteiger partial charge in [0.15, 0.2) is 4.60 Å². The Kier molecular flexibility index (Phi) is 3.20. The molecule has 0 N–H and O–H groups in total. The quantitative estimate of drug-likeness (QED) is 0.818. The first-order valence-electron chi connectivity index (χ1n) is 4.81. The molecule has 0 spiro atoms. The van der Waals surface area contributed by atoms with E-state index in [9.17, 15) is 4.79 Å². The van der Waals surface area contributed by atoms with Gasteiger partial charge in [-0.05, 0) is 39.4 Å². The fourth-order valence-corrected chi connectivity index (χ4v) is 2.94. The summed E-state index contributed by atoms with van der Waals surface area (Å²) in [5, 5.41) is 9.56. The maximum absolute atomic E-state index is 12.3. The average molecular weight is 300 g/mol. The molecule has 0 aliphatic carbocycles. The zero-order valence-corrected chi connectivity index (χ0v) is 11.3. The number of halogens is 1. The Morgan fingerprint density at radius 1 is 1.62 bits per heavy atom. The minimum absolute atomic E-state index is 0.0220. The number of aromatic nitrogens is 3. The van der Waals surface area contributed by atoms with Crippen molar-refractivity contribution in [3.05, 3.63) is 32.2 Å². The molecule has 0 atom stereocenters. The van der Waals surface area contributed by atoms with Crippen LogP contribution < -0.4 is 0 Å². The summed E-state index contributed by atoms with van der Waals surface area (Å²) in [7, 11) is 1.71. The van der Waals surface area contributed by atoms with Gasteiger partial charge in [0, 0.05) is 7.05 Å². The number of nitrogens with zero attached hydrogens (tertiary/aromatic N) is 3. The molecular weight excluding hydrogens is 290 g/mol. The van der Waals surface area contributed by atoms with Crippen molar-refractivity contribution in [2.45, 2.75) is 13.3 Å². The molecule has 2 heterocycles. The smallest absolute Gasteiger partial charge is 0.224 e. The molecular formula is C10H10BrN3OS. The zero-order chi connectivity index (χ0) is 11.7. The second-order valence-corrected chi connectivity index (χ2v) is 4.98. The van der Waals surface area contributed by atoms with E-state index in [0.29, 0.717) is 10.3 Å². The van der Waals surface area contributed by atoms with E-state index < -0.39 is 0 Å². The molecule has 0 saturated heterocycles. The van der Waals surface area contributed by atoms with Crippen molar-refractivity contribution in [1.29, 1.82) is 0 Å². The van der Waals surface area contributed by atoms with Crippen LogP contribution in [0.15, 0.2) is 16.0 Å². The maximum atomic E-state index is 12.3. The van der Waals surface area contributed by atoms with Crippen molar-refractivity contribution in [1.82, 2.24) is 15.0 Å². The van der Waals surface area contributed by atoms with E-state index in [1.54, 1.807) is 7.05 Å². The number of carbonyl (C=O) groups is 1. The number of rotatable bonds is 3. The van der Waals surface area contributed by atoms with Crippen LogP contribution in [0.3, 0.4) is 0 Å². The lowest BCUT2D eigenvalue weighted by Crippen LogP contribution is -2.09. The molecule has 6 heteroatoms. The number of hydrogen-bond acceptors (Lipinski definition) is 4. The molecule has 0 amide bonds. The van der Waals surface area contributed by atoms with E-state index in [4.69, 9.17) is 0 Å². The van der Waals surface area contributed by atoms with Crippen LogP contribution in [0, 0.1) is 0 Å². The Labute approximate surface area is 105 Å². The molecule has 2 aromatic rings. The predicted molar refractivity (Wildman–Crippen MR) is 65.8 cm³/mol. The van der Waals surface area contributed by atoms with E-state index in [-0.39, 0.29) is 5.78 Å². The number of ketones is 1. The summed E-state index contributed by atoms with van der Waals surface area (Å²) in [5.74, 6) is -0.0220. The number of carbonyl (C=O) groups excluding carboxylic acids is 1. The molecule has 4 nitrogen and oxygen atoms in total. The number of hydrogen-bond donors (Lipinski definition) is 0. The third-order valence-corrected chi connectivity index (χ3v) is 3.82. The molecule has 0 radical (unpaired) electrons. The standard InChI is InChI=1S/C10H10BrN3OS/c1-3-6-4-5-16-9(6)8(15)7-10(11)12-13-14(7)2/h4-5H,3H2,1-2H3. The molecule has 0 unspecified atom stereocenters. The Morgan fingerprint density at radius 3 is 2.94 bits per heavy atom. The van der Waals surface area contributed by atoms with Gasteiger partial charge >= 0.3 is 0 Å². The summed E-state index contributed by atoms with van der Waals surface area (Å²) < 4.78 is 1.99. The van der Waals surface area contributed by atoms with E-state index in [1.165, 1.54) is 16.0 Å². The van der Waals surface area contributed by atoms with Crippen molar-refractivity contribution >= 4 is 33.0 Å². The van der Waals surface area contributed by atoms with Crippen LogP contribution in [0.5, 0.6) is 0 Å². The van der Waals surface area contributed by atoms with Gasteiger partial charge in [-0.15, -0.1) is 16.4 Å². The molecule has 0 saturated carbocycles.